The molecule has 1 aliphatic rings. The summed E-state index contributed by atoms with van der Waals surface area (Å²) in [5.74, 6) is -0.337. The fraction of sp³-hybridized carbons (Fsp3) is 0.467. The highest BCUT2D eigenvalue weighted by Crippen LogP contribution is 2.38. The van der Waals surface area contributed by atoms with E-state index in [2.05, 4.69) is 0 Å². The van der Waals surface area contributed by atoms with Gasteiger partial charge in [-0.1, -0.05) is 44.2 Å². The van der Waals surface area contributed by atoms with Crippen molar-refractivity contribution in [1.82, 2.24) is 4.90 Å². The second-order valence-corrected chi connectivity index (χ2v) is 5.60. The largest absolute Gasteiger partial charge is 0.467 e. The smallest absolute Gasteiger partial charge is 0.329 e. The van der Waals surface area contributed by atoms with Crippen LogP contribution < -0.4 is 0 Å². The molecular weight excluding hydrogens is 242 g/mol. The Labute approximate surface area is 113 Å². The Morgan fingerprint density at radius 3 is 2.58 bits per heavy atom. The monoisotopic (exact) mass is 261 g/mol. The van der Waals surface area contributed by atoms with Crippen molar-refractivity contribution in [3.8, 4) is 0 Å². The molecule has 0 aliphatic carbocycles. The summed E-state index contributed by atoms with van der Waals surface area (Å²) in [7, 11) is 1.36. The Morgan fingerprint density at radius 2 is 2.00 bits per heavy atom. The lowest BCUT2D eigenvalue weighted by atomic mass is 9.84. The van der Waals surface area contributed by atoms with Gasteiger partial charge >= 0.3 is 5.97 Å². The normalized spacial score (nSPS) is 21.5. The van der Waals surface area contributed by atoms with Gasteiger partial charge < -0.3 is 9.64 Å². The Bertz CT molecular complexity index is 481. The summed E-state index contributed by atoms with van der Waals surface area (Å²) in [4.78, 5) is 25.7. The van der Waals surface area contributed by atoms with E-state index in [9.17, 15) is 9.59 Å². The van der Waals surface area contributed by atoms with E-state index in [1.54, 1.807) is 4.90 Å². The van der Waals surface area contributed by atoms with E-state index in [0.717, 1.165) is 5.56 Å². The highest BCUT2D eigenvalue weighted by molar-refractivity contribution is 5.89. The van der Waals surface area contributed by atoms with Crippen LogP contribution >= 0.6 is 0 Å². The molecule has 1 unspecified atom stereocenters. The van der Waals surface area contributed by atoms with E-state index < -0.39 is 6.04 Å². The Balaban J connectivity index is 2.26. The second-order valence-electron chi connectivity index (χ2n) is 5.60. The van der Waals surface area contributed by atoms with Crippen LogP contribution in [0.2, 0.25) is 0 Å². The summed E-state index contributed by atoms with van der Waals surface area (Å²) in [5.41, 5.74) is 0.626. The molecule has 0 N–H and O–H groups in total. The molecule has 4 nitrogen and oxygen atoms in total. The minimum Gasteiger partial charge on any atom is -0.467 e. The molecule has 0 aromatic heterocycles. The maximum absolute atomic E-state index is 12.1. The third kappa shape index (κ3) is 2.62. The first-order valence-electron chi connectivity index (χ1n) is 6.37. The fourth-order valence-electron chi connectivity index (χ4n) is 2.67. The first-order chi connectivity index (χ1) is 8.95. The Kier molecular flexibility index (Phi) is 3.60. The zero-order chi connectivity index (χ0) is 14.0. The summed E-state index contributed by atoms with van der Waals surface area (Å²) >= 11 is 0. The van der Waals surface area contributed by atoms with Gasteiger partial charge in [0.2, 0.25) is 5.91 Å². The van der Waals surface area contributed by atoms with E-state index in [1.807, 2.05) is 44.2 Å². The quantitative estimate of drug-likeness (QED) is 0.782. The second kappa shape index (κ2) is 5.03. The number of benzene rings is 1. The number of ether oxygens (including phenoxy) is 1. The predicted octanol–water partition coefficient (Wildman–Crippen LogP) is 1.99. The Hall–Kier alpha value is -1.84. The molecule has 19 heavy (non-hydrogen) atoms. The number of carbonyl (C=O) groups is 2. The predicted molar refractivity (Wildman–Crippen MR) is 71.2 cm³/mol. The first-order valence-corrected chi connectivity index (χ1v) is 6.37. The van der Waals surface area contributed by atoms with Crippen LogP contribution in [0.1, 0.15) is 25.8 Å². The van der Waals surface area contributed by atoms with Crippen molar-refractivity contribution in [3.63, 3.8) is 0 Å². The maximum Gasteiger partial charge on any atom is 0.329 e. The first kappa shape index (κ1) is 13.6. The van der Waals surface area contributed by atoms with Crippen molar-refractivity contribution in [2.75, 3.05) is 7.11 Å². The number of likely N-dealkylation sites (tertiary alicyclic amines) is 1. The molecule has 1 aromatic rings. The lowest BCUT2D eigenvalue weighted by Crippen LogP contribution is -2.44. The van der Waals surface area contributed by atoms with Crippen LogP contribution in [0.3, 0.4) is 0 Å². The molecule has 1 saturated heterocycles. The summed E-state index contributed by atoms with van der Waals surface area (Å²) in [6.07, 6.45) is 0.375. The van der Waals surface area contributed by atoms with E-state index in [0.29, 0.717) is 13.0 Å². The van der Waals surface area contributed by atoms with Gasteiger partial charge in [-0.05, 0) is 5.56 Å². The van der Waals surface area contributed by atoms with E-state index in [4.69, 9.17) is 4.74 Å². The molecule has 0 radical (unpaired) electrons. The number of hydrogen-bond acceptors (Lipinski definition) is 3. The van der Waals surface area contributed by atoms with Crippen LogP contribution in [0.4, 0.5) is 0 Å². The summed E-state index contributed by atoms with van der Waals surface area (Å²) < 4.78 is 4.85. The molecule has 2 rings (SSSR count). The number of methoxy groups -OCH3 is 1. The van der Waals surface area contributed by atoms with Gasteiger partial charge in [0.05, 0.1) is 7.11 Å². The SMILES string of the molecule is COC(=O)C1N(Cc2ccccc2)C(=O)CC1(C)C. The highest BCUT2D eigenvalue weighted by atomic mass is 16.5. The van der Waals surface area contributed by atoms with E-state index >= 15 is 0 Å². The van der Waals surface area contributed by atoms with Gasteiger partial charge in [0, 0.05) is 18.4 Å². The maximum atomic E-state index is 12.1. The zero-order valence-corrected chi connectivity index (χ0v) is 11.6. The molecule has 1 fully saturated rings. The lowest BCUT2D eigenvalue weighted by Gasteiger charge is -2.29. The molecule has 0 saturated carbocycles. The van der Waals surface area contributed by atoms with Crippen molar-refractivity contribution in [1.29, 1.82) is 0 Å². The van der Waals surface area contributed by atoms with Gasteiger partial charge in [0.25, 0.3) is 0 Å². The topological polar surface area (TPSA) is 46.6 Å². The number of rotatable bonds is 3. The van der Waals surface area contributed by atoms with E-state index in [-0.39, 0.29) is 17.3 Å². The van der Waals surface area contributed by atoms with Gasteiger partial charge in [-0.2, -0.15) is 0 Å². The molecular formula is C15H19NO3. The molecule has 1 heterocycles. The number of amides is 1. The van der Waals surface area contributed by atoms with Crippen molar-refractivity contribution >= 4 is 11.9 Å². The van der Waals surface area contributed by atoms with Crippen LogP contribution in [0.15, 0.2) is 30.3 Å². The lowest BCUT2D eigenvalue weighted by molar-refractivity contribution is -0.151. The van der Waals surface area contributed by atoms with E-state index in [1.165, 1.54) is 7.11 Å². The van der Waals surface area contributed by atoms with Crippen molar-refractivity contribution < 1.29 is 14.3 Å². The summed E-state index contributed by atoms with van der Waals surface area (Å²) in [6, 6.07) is 9.17. The fourth-order valence-corrected chi connectivity index (χ4v) is 2.67. The molecule has 0 spiro atoms. The Morgan fingerprint density at radius 1 is 1.37 bits per heavy atom. The van der Waals surface area contributed by atoms with Crippen LogP contribution in [-0.4, -0.2) is 29.9 Å². The van der Waals surface area contributed by atoms with Gasteiger partial charge in [-0.3, -0.25) is 4.79 Å². The molecule has 1 atom stereocenters. The van der Waals surface area contributed by atoms with Gasteiger partial charge in [0.15, 0.2) is 0 Å². The molecule has 1 aliphatic heterocycles. The number of hydrogen-bond donors (Lipinski definition) is 0. The third-order valence-corrected chi connectivity index (χ3v) is 3.60. The third-order valence-electron chi connectivity index (χ3n) is 3.60. The molecule has 102 valence electrons. The van der Waals surface area contributed by atoms with Crippen LogP contribution in [0.5, 0.6) is 0 Å². The number of nitrogens with zero attached hydrogens (tertiary/aromatic N) is 1. The molecule has 1 amide bonds. The van der Waals surface area contributed by atoms with Crippen LogP contribution in [0.25, 0.3) is 0 Å². The summed E-state index contributed by atoms with van der Waals surface area (Å²) in [5, 5.41) is 0. The average molecular weight is 261 g/mol. The van der Waals surface area contributed by atoms with Crippen molar-refractivity contribution in [2.24, 2.45) is 5.41 Å². The van der Waals surface area contributed by atoms with Gasteiger partial charge in [-0.25, -0.2) is 4.79 Å². The molecule has 0 bridgehead atoms. The number of esters is 1. The van der Waals surface area contributed by atoms with Crippen molar-refractivity contribution in [3.05, 3.63) is 35.9 Å². The standard InChI is InChI=1S/C15H19NO3/c1-15(2)9-12(17)16(13(15)14(18)19-3)10-11-7-5-4-6-8-11/h4-8,13H,9-10H2,1-3H3. The zero-order valence-electron chi connectivity index (χ0n) is 11.6. The highest BCUT2D eigenvalue weighted by Gasteiger charge is 2.50. The minimum atomic E-state index is -0.509. The number of carbonyl (C=O) groups excluding carboxylic acids is 2. The average Bonchev–Trinajstić information content (AvgIpc) is 2.59. The molecule has 4 heteroatoms. The van der Waals surface area contributed by atoms with Crippen molar-refractivity contribution in [2.45, 2.75) is 32.9 Å². The van der Waals surface area contributed by atoms with Crippen LogP contribution in [0, 0.1) is 5.41 Å². The minimum absolute atomic E-state index is 0.00394. The summed E-state index contributed by atoms with van der Waals surface area (Å²) in [6.45, 7) is 4.30. The molecule has 1 aromatic carbocycles. The van der Waals surface area contributed by atoms with Gasteiger partial charge in [-0.15, -0.1) is 0 Å². The van der Waals surface area contributed by atoms with Crippen LogP contribution in [-0.2, 0) is 20.9 Å². The van der Waals surface area contributed by atoms with Gasteiger partial charge in [0.1, 0.15) is 6.04 Å².